The molecule has 0 saturated carbocycles. The van der Waals surface area contributed by atoms with E-state index >= 15 is 0 Å². The van der Waals surface area contributed by atoms with Crippen molar-refractivity contribution >= 4 is 5.91 Å². The first-order chi connectivity index (χ1) is 8.20. The summed E-state index contributed by atoms with van der Waals surface area (Å²) in [6.07, 6.45) is 8.42. The Labute approximate surface area is 103 Å². The fourth-order valence-electron chi connectivity index (χ4n) is 2.47. The lowest BCUT2D eigenvalue weighted by molar-refractivity contribution is -0.134. The van der Waals surface area contributed by atoms with E-state index in [1.54, 1.807) is 6.20 Å². The Morgan fingerprint density at radius 3 is 2.47 bits per heavy atom. The number of carbonyl (C=O) groups is 1. The number of hydrogen-bond donors (Lipinski definition) is 0. The normalized spacial score (nSPS) is 18.8. The number of carbonyl (C=O) groups excluding carboxylic acids is 1. The van der Waals surface area contributed by atoms with Gasteiger partial charge >= 0.3 is 0 Å². The number of likely N-dealkylation sites (tertiary alicyclic amines) is 1. The molecule has 1 amide bonds. The van der Waals surface area contributed by atoms with Gasteiger partial charge in [-0.05, 0) is 26.7 Å². The van der Waals surface area contributed by atoms with E-state index in [1.165, 1.54) is 12.8 Å². The fourth-order valence-corrected chi connectivity index (χ4v) is 2.47. The second-order valence-corrected chi connectivity index (χ2v) is 4.80. The van der Waals surface area contributed by atoms with Crippen LogP contribution in [0, 0.1) is 6.92 Å². The average Bonchev–Trinajstić information content (AvgIpc) is 2.60. The Bertz CT molecular complexity index is 378. The highest BCUT2D eigenvalue weighted by Crippen LogP contribution is 2.16. The highest BCUT2D eigenvalue weighted by Gasteiger charge is 2.23. The number of aryl methyl sites for hydroxylation is 1. The van der Waals surface area contributed by atoms with Crippen molar-refractivity contribution in [3.63, 3.8) is 0 Å². The molecule has 1 unspecified atom stereocenters. The lowest BCUT2D eigenvalue weighted by atomic mass is 10.2. The average molecular weight is 235 g/mol. The number of hydrogen-bond acceptors (Lipinski definition) is 2. The Morgan fingerprint density at radius 2 is 1.94 bits per heavy atom. The van der Waals surface area contributed by atoms with Crippen molar-refractivity contribution in [2.24, 2.45) is 0 Å². The second-order valence-electron chi connectivity index (χ2n) is 4.80. The molecule has 1 saturated heterocycles. The van der Waals surface area contributed by atoms with Crippen LogP contribution in [0.4, 0.5) is 0 Å². The summed E-state index contributed by atoms with van der Waals surface area (Å²) < 4.78 is 1.95. The standard InChI is InChI=1S/C13H21N3O/c1-11(16-10-7-14-12(16)2)13(17)15-8-5-3-4-6-9-15/h7,10-11H,3-6,8-9H2,1-2H3. The van der Waals surface area contributed by atoms with Crippen molar-refractivity contribution in [1.29, 1.82) is 0 Å². The third kappa shape index (κ3) is 2.68. The molecule has 1 aliphatic rings. The van der Waals surface area contributed by atoms with Crippen LogP contribution in [0.5, 0.6) is 0 Å². The number of nitrogens with zero attached hydrogens (tertiary/aromatic N) is 3. The van der Waals surface area contributed by atoms with Gasteiger partial charge in [-0.3, -0.25) is 4.79 Å². The molecule has 4 heteroatoms. The molecule has 0 bridgehead atoms. The van der Waals surface area contributed by atoms with E-state index in [4.69, 9.17) is 0 Å². The number of imidazole rings is 1. The second kappa shape index (κ2) is 5.34. The van der Waals surface area contributed by atoms with Gasteiger partial charge in [-0.25, -0.2) is 4.98 Å². The van der Waals surface area contributed by atoms with E-state index in [0.717, 1.165) is 31.8 Å². The maximum Gasteiger partial charge on any atom is 0.245 e. The number of aromatic nitrogens is 2. The van der Waals surface area contributed by atoms with Crippen LogP contribution in [0.3, 0.4) is 0 Å². The van der Waals surface area contributed by atoms with Gasteiger partial charge in [-0.2, -0.15) is 0 Å². The summed E-state index contributed by atoms with van der Waals surface area (Å²) in [6, 6.07) is -0.129. The quantitative estimate of drug-likeness (QED) is 0.787. The molecule has 1 aromatic rings. The van der Waals surface area contributed by atoms with E-state index in [1.807, 2.05) is 29.5 Å². The molecule has 0 N–H and O–H groups in total. The third-order valence-corrected chi connectivity index (χ3v) is 3.55. The van der Waals surface area contributed by atoms with Gasteiger partial charge in [0.2, 0.25) is 5.91 Å². The van der Waals surface area contributed by atoms with Gasteiger partial charge in [0.15, 0.2) is 0 Å². The zero-order chi connectivity index (χ0) is 12.3. The van der Waals surface area contributed by atoms with Gasteiger partial charge in [-0.1, -0.05) is 12.8 Å². The van der Waals surface area contributed by atoms with Crippen LogP contribution in [0.1, 0.15) is 44.5 Å². The van der Waals surface area contributed by atoms with E-state index in [-0.39, 0.29) is 11.9 Å². The minimum Gasteiger partial charge on any atom is -0.341 e. The summed E-state index contributed by atoms with van der Waals surface area (Å²) in [5, 5.41) is 0. The summed E-state index contributed by atoms with van der Waals surface area (Å²) in [5.41, 5.74) is 0. The highest BCUT2D eigenvalue weighted by molar-refractivity contribution is 5.80. The van der Waals surface area contributed by atoms with Crippen molar-refractivity contribution in [2.75, 3.05) is 13.1 Å². The molecule has 4 nitrogen and oxygen atoms in total. The molecule has 0 spiro atoms. The minimum absolute atomic E-state index is 0.129. The monoisotopic (exact) mass is 235 g/mol. The van der Waals surface area contributed by atoms with Crippen LogP contribution in [0.15, 0.2) is 12.4 Å². The van der Waals surface area contributed by atoms with Crippen LogP contribution in [-0.2, 0) is 4.79 Å². The van der Waals surface area contributed by atoms with Crippen molar-refractivity contribution in [3.8, 4) is 0 Å². The lowest BCUT2D eigenvalue weighted by Gasteiger charge is -2.25. The Kier molecular flexibility index (Phi) is 3.82. The van der Waals surface area contributed by atoms with Gasteiger partial charge in [-0.15, -0.1) is 0 Å². The predicted octanol–water partition coefficient (Wildman–Crippen LogP) is 2.16. The third-order valence-electron chi connectivity index (χ3n) is 3.55. The molecule has 0 aromatic carbocycles. The van der Waals surface area contributed by atoms with Gasteiger partial charge < -0.3 is 9.47 Å². The molecule has 0 aliphatic carbocycles. The molecule has 94 valence electrons. The van der Waals surface area contributed by atoms with E-state index < -0.39 is 0 Å². The topological polar surface area (TPSA) is 38.1 Å². The summed E-state index contributed by atoms with van der Waals surface area (Å²) in [4.78, 5) is 18.6. The highest BCUT2D eigenvalue weighted by atomic mass is 16.2. The molecule has 0 radical (unpaired) electrons. The number of amides is 1. The maximum atomic E-state index is 12.4. The Morgan fingerprint density at radius 1 is 1.29 bits per heavy atom. The molecule has 1 fully saturated rings. The summed E-state index contributed by atoms with van der Waals surface area (Å²) in [5.74, 6) is 1.13. The number of rotatable bonds is 2. The maximum absolute atomic E-state index is 12.4. The van der Waals surface area contributed by atoms with E-state index in [2.05, 4.69) is 4.98 Å². The molecule has 2 rings (SSSR count). The predicted molar refractivity (Wildman–Crippen MR) is 66.7 cm³/mol. The summed E-state index contributed by atoms with van der Waals surface area (Å²) in [7, 11) is 0. The first kappa shape index (κ1) is 12.1. The zero-order valence-electron chi connectivity index (χ0n) is 10.7. The van der Waals surface area contributed by atoms with Crippen LogP contribution in [0.2, 0.25) is 0 Å². The molecular weight excluding hydrogens is 214 g/mol. The smallest absolute Gasteiger partial charge is 0.245 e. The first-order valence-corrected chi connectivity index (χ1v) is 6.48. The van der Waals surface area contributed by atoms with Crippen LogP contribution in [-0.4, -0.2) is 33.4 Å². The van der Waals surface area contributed by atoms with Crippen LogP contribution in [0.25, 0.3) is 0 Å². The Balaban J connectivity index is 2.06. The van der Waals surface area contributed by atoms with Crippen molar-refractivity contribution < 1.29 is 4.79 Å². The van der Waals surface area contributed by atoms with Gasteiger partial charge in [0.05, 0.1) is 0 Å². The SMILES string of the molecule is Cc1nccn1C(C)C(=O)N1CCCCCC1. The van der Waals surface area contributed by atoms with Crippen molar-refractivity contribution in [1.82, 2.24) is 14.5 Å². The van der Waals surface area contributed by atoms with Gasteiger partial charge in [0.1, 0.15) is 11.9 Å². The van der Waals surface area contributed by atoms with Crippen LogP contribution < -0.4 is 0 Å². The van der Waals surface area contributed by atoms with Gasteiger partial charge in [0, 0.05) is 25.5 Å². The zero-order valence-corrected chi connectivity index (χ0v) is 10.7. The van der Waals surface area contributed by atoms with Crippen molar-refractivity contribution in [2.45, 2.75) is 45.6 Å². The molecule has 1 atom stereocenters. The minimum atomic E-state index is -0.129. The molecule has 1 aromatic heterocycles. The molecule has 1 aliphatic heterocycles. The van der Waals surface area contributed by atoms with Crippen molar-refractivity contribution in [3.05, 3.63) is 18.2 Å². The largest absolute Gasteiger partial charge is 0.341 e. The molecule has 2 heterocycles. The molecule has 17 heavy (non-hydrogen) atoms. The Hall–Kier alpha value is -1.32. The lowest BCUT2D eigenvalue weighted by Crippen LogP contribution is -2.37. The van der Waals surface area contributed by atoms with E-state index in [0.29, 0.717) is 0 Å². The first-order valence-electron chi connectivity index (χ1n) is 6.48. The van der Waals surface area contributed by atoms with Gasteiger partial charge in [0.25, 0.3) is 0 Å². The molecular formula is C13H21N3O. The fraction of sp³-hybridized carbons (Fsp3) is 0.692. The van der Waals surface area contributed by atoms with Crippen LogP contribution >= 0.6 is 0 Å². The summed E-state index contributed by atoms with van der Waals surface area (Å²) >= 11 is 0. The van der Waals surface area contributed by atoms with E-state index in [9.17, 15) is 4.79 Å². The summed E-state index contributed by atoms with van der Waals surface area (Å²) in [6.45, 7) is 5.72.